The summed E-state index contributed by atoms with van der Waals surface area (Å²) in [5.41, 5.74) is 0.955. The Hall–Kier alpha value is -2.56. The first-order valence-corrected chi connectivity index (χ1v) is 5.40. The van der Waals surface area contributed by atoms with E-state index >= 15 is 0 Å². The van der Waals surface area contributed by atoms with E-state index in [0.717, 1.165) is 0 Å². The number of aromatic nitrogens is 2. The highest BCUT2D eigenvalue weighted by Crippen LogP contribution is 1.99. The fourth-order valence-electron chi connectivity index (χ4n) is 1.41. The molecule has 5 heteroatoms. The summed E-state index contributed by atoms with van der Waals surface area (Å²) in [5.74, 6) is -0.472. The van der Waals surface area contributed by atoms with Crippen LogP contribution in [0.4, 0.5) is 0 Å². The smallest absolute Gasteiger partial charge is 0.253 e. The molecule has 0 fully saturated rings. The van der Waals surface area contributed by atoms with Gasteiger partial charge in [-0.05, 0) is 6.07 Å². The highest BCUT2D eigenvalue weighted by molar-refractivity contribution is 6.01. The summed E-state index contributed by atoms with van der Waals surface area (Å²) in [6.07, 6.45) is 2.77. The van der Waals surface area contributed by atoms with E-state index in [-0.39, 0.29) is 18.2 Å². The number of Topliss-reactive ketones (excluding diaryl/α,β-unsaturated/α-hetero) is 1. The van der Waals surface area contributed by atoms with E-state index in [1.54, 1.807) is 24.3 Å². The Morgan fingerprint density at radius 3 is 2.44 bits per heavy atom. The fraction of sp³-hybridized carbons (Fsp3) is 0.0769. The lowest BCUT2D eigenvalue weighted by atomic mass is 10.1. The number of benzene rings is 1. The predicted molar refractivity (Wildman–Crippen MR) is 65.1 cm³/mol. The topological polar surface area (TPSA) is 72.0 Å². The van der Waals surface area contributed by atoms with Gasteiger partial charge in [-0.2, -0.15) is 10.2 Å². The molecule has 2 aromatic rings. The average Bonchev–Trinajstić information content (AvgIpc) is 2.46. The lowest BCUT2D eigenvalue weighted by Gasteiger charge is -2.04. The molecule has 1 N–H and O–H groups in total. The lowest BCUT2D eigenvalue weighted by molar-refractivity contribution is 0.0903. The van der Waals surface area contributed by atoms with Gasteiger partial charge in [0.1, 0.15) is 0 Å². The fourth-order valence-corrected chi connectivity index (χ4v) is 1.41. The Labute approximate surface area is 104 Å². The van der Waals surface area contributed by atoms with Crippen LogP contribution >= 0.6 is 0 Å². The molecule has 0 saturated carbocycles. The quantitative estimate of drug-likeness (QED) is 0.813. The van der Waals surface area contributed by atoms with E-state index in [1.165, 1.54) is 18.5 Å². The van der Waals surface area contributed by atoms with Crippen LogP contribution in [-0.2, 0) is 0 Å². The van der Waals surface area contributed by atoms with Crippen molar-refractivity contribution in [3.05, 3.63) is 59.9 Å². The maximum Gasteiger partial charge on any atom is 0.253 e. The van der Waals surface area contributed by atoms with Gasteiger partial charge in [0.15, 0.2) is 5.78 Å². The van der Waals surface area contributed by atoms with Gasteiger partial charge in [-0.1, -0.05) is 30.3 Å². The average molecular weight is 241 g/mol. The summed E-state index contributed by atoms with van der Waals surface area (Å²) in [6, 6.07) is 10.3. The number of rotatable bonds is 4. The number of ketones is 1. The Balaban J connectivity index is 1.93. The van der Waals surface area contributed by atoms with Gasteiger partial charge in [-0.25, -0.2) is 0 Å². The zero-order chi connectivity index (χ0) is 12.8. The first-order valence-electron chi connectivity index (χ1n) is 5.40. The molecule has 0 aliphatic heterocycles. The van der Waals surface area contributed by atoms with E-state index < -0.39 is 0 Å². The number of hydrogen-bond acceptors (Lipinski definition) is 4. The first-order chi connectivity index (χ1) is 8.77. The molecular formula is C13H11N3O2. The van der Waals surface area contributed by atoms with Crippen LogP contribution < -0.4 is 5.32 Å². The largest absolute Gasteiger partial charge is 0.345 e. The van der Waals surface area contributed by atoms with Crippen molar-refractivity contribution < 1.29 is 9.59 Å². The van der Waals surface area contributed by atoms with Gasteiger partial charge in [0.2, 0.25) is 0 Å². The predicted octanol–water partition coefficient (Wildman–Crippen LogP) is 1.09. The molecule has 18 heavy (non-hydrogen) atoms. The second-order valence-electron chi connectivity index (χ2n) is 3.60. The summed E-state index contributed by atoms with van der Waals surface area (Å²) in [7, 11) is 0. The SMILES string of the molecule is O=C(CNC(=O)c1ccnnc1)c1ccccc1. The summed E-state index contributed by atoms with van der Waals surface area (Å²) in [5, 5.41) is 9.71. The molecule has 90 valence electrons. The zero-order valence-corrected chi connectivity index (χ0v) is 9.54. The van der Waals surface area contributed by atoms with Gasteiger partial charge in [-0.3, -0.25) is 9.59 Å². The van der Waals surface area contributed by atoms with Gasteiger partial charge in [0.05, 0.1) is 24.5 Å². The minimum atomic E-state index is -0.339. The molecule has 1 amide bonds. The normalized spacial score (nSPS) is 9.78. The monoisotopic (exact) mass is 241 g/mol. The third-order valence-corrected chi connectivity index (χ3v) is 2.35. The molecule has 0 aliphatic rings. The number of nitrogens with zero attached hydrogens (tertiary/aromatic N) is 2. The second-order valence-corrected chi connectivity index (χ2v) is 3.60. The van der Waals surface area contributed by atoms with Crippen molar-refractivity contribution in [2.24, 2.45) is 0 Å². The molecule has 1 heterocycles. The Kier molecular flexibility index (Phi) is 3.76. The number of amides is 1. The third kappa shape index (κ3) is 2.98. The summed E-state index contributed by atoms with van der Waals surface area (Å²) in [4.78, 5) is 23.4. The summed E-state index contributed by atoms with van der Waals surface area (Å²) in [6.45, 7) is -0.0365. The van der Waals surface area contributed by atoms with Crippen LogP contribution in [0.3, 0.4) is 0 Å². The maximum atomic E-state index is 11.7. The van der Waals surface area contributed by atoms with Crippen molar-refractivity contribution in [3.63, 3.8) is 0 Å². The van der Waals surface area contributed by atoms with E-state index in [9.17, 15) is 9.59 Å². The highest BCUT2D eigenvalue weighted by atomic mass is 16.2. The number of nitrogens with one attached hydrogen (secondary N) is 1. The van der Waals surface area contributed by atoms with Crippen LogP contribution in [0.1, 0.15) is 20.7 Å². The molecule has 0 aliphatic carbocycles. The molecular weight excluding hydrogens is 230 g/mol. The van der Waals surface area contributed by atoms with E-state index in [1.807, 2.05) is 6.07 Å². The molecule has 0 atom stereocenters. The third-order valence-electron chi connectivity index (χ3n) is 2.35. The van der Waals surface area contributed by atoms with Crippen molar-refractivity contribution in [1.82, 2.24) is 15.5 Å². The minimum Gasteiger partial charge on any atom is -0.345 e. The highest BCUT2D eigenvalue weighted by Gasteiger charge is 2.09. The number of carbonyl (C=O) groups is 2. The van der Waals surface area contributed by atoms with Crippen LogP contribution in [-0.4, -0.2) is 28.4 Å². The number of carbonyl (C=O) groups excluding carboxylic acids is 2. The lowest BCUT2D eigenvalue weighted by Crippen LogP contribution is -2.29. The van der Waals surface area contributed by atoms with Gasteiger partial charge in [0.25, 0.3) is 5.91 Å². The molecule has 2 rings (SSSR count). The van der Waals surface area contributed by atoms with Gasteiger partial charge in [-0.15, -0.1) is 0 Å². The Morgan fingerprint density at radius 1 is 1.00 bits per heavy atom. The van der Waals surface area contributed by atoms with E-state index in [2.05, 4.69) is 15.5 Å². The molecule has 5 nitrogen and oxygen atoms in total. The van der Waals surface area contributed by atoms with Crippen LogP contribution in [0.5, 0.6) is 0 Å². The van der Waals surface area contributed by atoms with Gasteiger partial charge < -0.3 is 5.32 Å². The molecule has 0 saturated heterocycles. The molecule has 1 aromatic carbocycles. The number of hydrogen-bond donors (Lipinski definition) is 1. The van der Waals surface area contributed by atoms with Crippen LogP contribution in [0.25, 0.3) is 0 Å². The Bertz CT molecular complexity index is 489. The summed E-state index contributed by atoms with van der Waals surface area (Å²) < 4.78 is 0. The Morgan fingerprint density at radius 2 is 1.78 bits per heavy atom. The first kappa shape index (κ1) is 11.9. The molecule has 0 bridgehead atoms. The van der Waals surface area contributed by atoms with Crippen molar-refractivity contribution in [2.75, 3.05) is 6.54 Å². The van der Waals surface area contributed by atoms with Gasteiger partial charge >= 0.3 is 0 Å². The van der Waals surface area contributed by atoms with E-state index in [0.29, 0.717) is 11.1 Å². The second kappa shape index (κ2) is 5.67. The zero-order valence-electron chi connectivity index (χ0n) is 9.54. The standard InChI is InChI=1S/C13H11N3O2/c17-12(10-4-2-1-3-5-10)9-14-13(18)11-6-7-15-16-8-11/h1-8H,9H2,(H,14,18). The molecule has 0 spiro atoms. The molecule has 1 aromatic heterocycles. The van der Waals surface area contributed by atoms with Crippen molar-refractivity contribution in [2.45, 2.75) is 0 Å². The maximum absolute atomic E-state index is 11.7. The molecule has 0 unspecified atom stereocenters. The minimum absolute atomic E-state index is 0.0365. The van der Waals surface area contributed by atoms with E-state index in [4.69, 9.17) is 0 Å². The van der Waals surface area contributed by atoms with Crippen molar-refractivity contribution >= 4 is 11.7 Å². The van der Waals surface area contributed by atoms with Crippen LogP contribution in [0.15, 0.2) is 48.8 Å². The van der Waals surface area contributed by atoms with Crippen molar-refractivity contribution in [3.8, 4) is 0 Å². The van der Waals surface area contributed by atoms with Gasteiger partial charge in [0, 0.05) is 5.56 Å². The van der Waals surface area contributed by atoms with Crippen LogP contribution in [0.2, 0.25) is 0 Å². The molecule has 0 radical (unpaired) electrons. The van der Waals surface area contributed by atoms with Crippen LogP contribution in [0, 0.1) is 0 Å². The van der Waals surface area contributed by atoms with Crippen molar-refractivity contribution in [1.29, 1.82) is 0 Å². The summed E-state index contributed by atoms with van der Waals surface area (Å²) >= 11 is 0.